The van der Waals surface area contributed by atoms with Crippen LogP contribution in [-0.4, -0.2) is 37.5 Å². The summed E-state index contributed by atoms with van der Waals surface area (Å²) in [5.74, 6) is 0. The molecule has 0 aromatic carbocycles. The van der Waals surface area contributed by atoms with Crippen LogP contribution in [0.4, 0.5) is 0 Å². The third-order valence-corrected chi connectivity index (χ3v) is 3.95. The first-order valence-corrected chi connectivity index (χ1v) is 7.09. The summed E-state index contributed by atoms with van der Waals surface area (Å²) in [5.41, 5.74) is 0.641. The van der Waals surface area contributed by atoms with Gasteiger partial charge < -0.3 is 5.32 Å². The molecule has 1 fully saturated rings. The van der Waals surface area contributed by atoms with E-state index in [0.717, 1.165) is 19.4 Å². The van der Waals surface area contributed by atoms with Crippen LogP contribution in [0.2, 0.25) is 0 Å². The maximum atomic E-state index is 12.0. The Balaban J connectivity index is 2.13. The Bertz CT molecular complexity index is 483. The number of rotatable bonds is 3. The smallest absolute Gasteiger partial charge is 0.276 e. The predicted molar refractivity (Wildman–Crippen MR) is 63.0 cm³/mol. The van der Waals surface area contributed by atoms with E-state index >= 15 is 0 Å². The van der Waals surface area contributed by atoms with E-state index in [4.69, 9.17) is 0 Å². The maximum absolute atomic E-state index is 12.0. The molecule has 0 aliphatic carbocycles. The van der Waals surface area contributed by atoms with Crippen molar-refractivity contribution in [3.8, 4) is 0 Å². The van der Waals surface area contributed by atoms with E-state index in [-0.39, 0.29) is 11.2 Å². The predicted octanol–water partition coefficient (Wildman–Crippen LogP) is -0.185. The van der Waals surface area contributed by atoms with Crippen LogP contribution in [0.15, 0.2) is 17.4 Å². The van der Waals surface area contributed by atoms with Gasteiger partial charge >= 0.3 is 0 Å². The minimum atomic E-state index is -3.59. The number of aryl methyl sites for hydroxylation is 1. The van der Waals surface area contributed by atoms with Crippen molar-refractivity contribution in [3.05, 3.63) is 18.0 Å². The van der Waals surface area contributed by atoms with Crippen LogP contribution in [0.5, 0.6) is 0 Å². The van der Waals surface area contributed by atoms with Crippen LogP contribution in [-0.2, 0) is 10.0 Å². The van der Waals surface area contributed by atoms with Gasteiger partial charge in [-0.15, -0.1) is 0 Å². The van der Waals surface area contributed by atoms with E-state index < -0.39 is 10.0 Å². The molecule has 1 aromatic heterocycles. The van der Waals surface area contributed by atoms with E-state index in [1.165, 1.54) is 6.20 Å². The van der Waals surface area contributed by atoms with Gasteiger partial charge in [-0.25, -0.2) is 23.1 Å². The van der Waals surface area contributed by atoms with Crippen LogP contribution in [0.3, 0.4) is 0 Å². The molecular formula is C10H16N4O2S. The fourth-order valence-electron chi connectivity index (χ4n) is 1.78. The first-order chi connectivity index (χ1) is 8.08. The number of piperidine rings is 1. The van der Waals surface area contributed by atoms with E-state index in [1.54, 1.807) is 13.0 Å². The molecule has 17 heavy (non-hydrogen) atoms. The summed E-state index contributed by atoms with van der Waals surface area (Å²) in [6.07, 6.45) is 3.27. The van der Waals surface area contributed by atoms with E-state index in [1.807, 2.05) is 0 Å². The molecule has 1 aromatic rings. The van der Waals surface area contributed by atoms with Crippen molar-refractivity contribution in [2.45, 2.75) is 31.0 Å². The largest absolute Gasteiger partial charge is 0.315 e. The highest BCUT2D eigenvalue weighted by atomic mass is 32.2. The molecule has 0 radical (unpaired) electrons. The topological polar surface area (TPSA) is 84.0 Å². The average molecular weight is 256 g/mol. The Morgan fingerprint density at radius 3 is 3.00 bits per heavy atom. The highest BCUT2D eigenvalue weighted by Crippen LogP contribution is 2.07. The van der Waals surface area contributed by atoms with E-state index in [0.29, 0.717) is 12.2 Å². The van der Waals surface area contributed by atoms with Crippen molar-refractivity contribution in [1.82, 2.24) is 20.0 Å². The fourth-order valence-corrected chi connectivity index (χ4v) is 2.99. The minimum Gasteiger partial charge on any atom is -0.315 e. The summed E-state index contributed by atoms with van der Waals surface area (Å²) < 4.78 is 26.6. The van der Waals surface area contributed by atoms with E-state index in [2.05, 4.69) is 20.0 Å². The van der Waals surface area contributed by atoms with Crippen molar-refractivity contribution in [2.75, 3.05) is 13.1 Å². The lowest BCUT2D eigenvalue weighted by molar-refractivity contribution is 0.427. The quantitative estimate of drug-likeness (QED) is 0.733. The normalized spacial score (nSPS) is 21.4. The standard InChI is InChI=1S/C10H16N4O2S/c1-8-4-6-12-10(13-8)17(15,16)14-9-3-2-5-11-7-9/h4,6,9,11,14H,2-3,5,7H2,1H3/t9-/m0/s1. The summed E-state index contributed by atoms with van der Waals surface area (Å²) >= 11 is 0. The molecule has 6 nitrogen and oxygen atoms in total. The van der Waals surface area contributed by atoms with Gasteiger partial charge in [-0.2, -0.15) is 0 Å². The van der Waals surface area contributed by atoms with Gasteiger partial charge in [0.15, 0.2) is 0 Å². The summed E-state index contributed by atoms with van der Waals surface area (Å²) in [6.45, 7) is 3.34. The highest BCUT2D eigenvalue weighted by Gasteiger charge is 2.23. The fraction of sp³-hybridized carbons (Fsp3) is 0.600. The molecule has 1 atom stereocenters. The van der Waals surface area contributed by atoms with Gasteiger partial charge in [-0.1, -0.05) is 0 Å². The average Bonchev–Trinajstić information content (AvgIpc) is 2.30. The summed E-state index contributed by atoms with van der Waals surface area (Å²) in [5, 5.41) is 3.00. The molecule has 2 heterocycles. The number of nitrogens with one attached hydrogen (secondary N) is 2. The monoisotopic (exact) mass is 256 g/mol. The van der Waals surface area contributed by atoms with Gasteiger partial charge in [-0.3, -0.25) is 0 Å². The van der Waals surface area contributed by atoms with Crippen LogP contribution in [0.1, 0.15) is 18.5 Å². The van der Waals surface area contributed by atoms with Crippen molar-refractivity contribution < 1.29 is 8.42 Å². The molecule has 1 aliphatic rings. The molecule has 0 unspecified atom stereocenters. The number of hydrogen-bond donors (Lipinski definition) is 2. The Morgan fingerprint density at radius 1 is 1.53 bits per heavy atom. The van der Waals surface area contributed by atoms with Gasteiger partial charge in [0.2, 0.25) is 0 Å². The van der Waals surface area contributed by atoms with Crippen molar-refractivity contribution >= 4 is 10.0 Å². The molecule has 7 heteroatoms. The summed E-state index contributed by atoms with van der Waals surface area (Å²) in [6, 6.07) is 1.60. The number of sulfonamides is 1. The molecule has 0 spiro atoms. The second-order valence-electron chi connectivity index (χ2n) is 4.15. The Morgan fingerprint density at radius 2 is 2.35 bits per heavy atom. The molecule has 1 aliphatic heterocycles. The van der Waals surface area contributed by atoms with Gasteiger partial charge in [-0.05, 0) is 32.4 Å². The van der Waals surface area contributed by atoms with Crippen molar-refractivity contribution in [3.63, 3.8) is 0 Å². The highest BCUT2D eigenvalue weighted by molar-refractivity contribution is 7.89. The minimum absolute atomic E-state index is 0.0714. The second kappa shape index (κ2) is 5.07. The number of hydrogen-bond acceptors (Lipinski definition) is 5. The molecule has 0 amide bonds. The van der Waals surface area contributed by atoms with Gasteiger partial charge in [0.05, 0.1) is 0 Å². The molecule has 1 saturated heterocycles. The van der Waals surface area contributed by atoms with Gasteiger partial charge in [0.1, 0.15) is 0 Å². The lowest BCUT2D eigenvalue weighted by atomic mass is 10.1. The lowest BCUT2D eigenvalue weighted by Gasteiger charge is -2.23. The van der Waals surface area contributed by atoms with E-state index in [9.17, 15) is 8.42 Å². The summed E-state index contributed by atoms with van der Waals surface area (Å²) in [7, 11) is -3.59. The van der Waals surface area contributed by atoms with Crippen LogP contribution >= 0.6 is 0 Å². The van der Waals surface area contributed by atoms with Crippen LogP contribution < -0.4 is 10.0 Å². The zero-order valence-corrected chi connectivity index (χ0v) is 10.5. The third kappa shape index (κ3) is 3.21. The zero-order valence-electron chi connectivity index (χ0n) is 9.68. The first kappa shape index (κ1) is 12.4. The second-order valence-corrected chi connectivity index (χ2v) is 5.75. The lowest BCUT2D eigenvalue weighted by Crippen LogP contribution is -2.45. The molecule has 94 valence electrons. The Labute approximate surface area is 101 Å². The van der Waals surface area contributed by atoms with Crippen molar-refractivity contribution in [2.24, 2.45) is 0 Å². The Kier molecular flexibility index (Phi) is 3.70. The van der Waals surface area contributed by atoms with Gasteiger partial charge in [0, 0.05) is 24.5 Å². The zero-order chi connectivity index (χ0) is 12.3. The molecule has 2 N–H and O–H groups in total. The summed E-state index contributed by atoms with van der Waals surface area (Å²) in [4.78, 5) is 7.72. The molecule has 0 saturated carbocycles. The molecule has 2 rings (SSSR count). The van der Waals surface area contributed by atoms with Crippen LogP contribution in [0.25, 0.3) is 0 Å². The first-order valence-electron chi connectivity index (χ1n) is 5.60. The number of aromatic nitrogens is 2. The third-order valence-electron chi connectivity index (χ3n) is 2.63. The maximum Gasteiger partial charge on any atom is 0.276 e. The van der Waals surface area contributed by atoms with Gasteiger partial charge in [0.25, 0.3) is 15.2 Å². The molecular weight excluding hydrogens is 240 g/mol. The SMILES string of the molecule is Cc1ccnc(S(=O)(=O)N[C@H]2CCCNC2)n1. The van der Waals surface area contributed by atoms with Crippen LogP contribution in [0, 0.1) is 6.92 Å². The number of nitrogens with zero attached hydrogens (tertiary/aromatic N) is 2. The van der Waals surface area contributed by atoms with Crippen molar-refractivity contribution in [1.29, 1.82) is 0 Å². The Hall–Kier alpha value is -1.05. The molecule has 0 bridgehead atoms.